The van der Waals surface area contributed by atoms with Gasteiger partial charge in [-0.2, -0.15) is 0 Å². The molecule has 11 heteroatoms. The van der Waals surface area contributed by atoms with Crippen LogP contribution in [0.2, 0.25) is 5.02 Å². The molecule has 2 saturated heterocycles. The monoisotopic (exact) mass is 473 g/mol. The summed E-state index contributed by atoms with van der Waals surface area (Å²) in [6.07, 6.45) is 3.38. The van der Waals surface area contributed by atoms with E-state index < -0.39 is 22.5 Å². The lowest BCUT2D eigenvalue weighted by Gasteiger charge is -2.25. The fourth-order valence-electron chi connectivity index (χ4n) is 3.52. The van der Waals surface area contributed by atoms with E-state index in [0.29, 0.717) is 24.8 Å². The molecule has 2 atom stereocenters. The summed E-state index contributed by atoms with van der Waals surface area (Å²) < 4.78 is 38.3. The van der Waals surface area contributed by atoms with Crippen LogP contribution in [0.4, 0.5) is 0 Å². The van der Waals surface area contributed by atoms with E-state index in [1.54, 1.807) is 0 Å². The maximum absolute atomic E-state index is 12.8. The fourth-order valence-corrected chi connectivity index (χ4v) is 4.62. The van der Waals surface area contributed by atoms with Crippen molar-refractivity contribution in [2.24, 2.45) is 0 Å². The Morgan fingerprint density at radius 1 is 1.06 bits per heavy atom. The Morgan fingerprint density at radius 3 is 2.32 bits per heavy atom. The zero-order valence-corrected chi connectivity index (χ0v) is 18.8. The minimum absolute atomic E-state index is 0.00236. The third-order valence-electron chi connectivity index (χ3n) is 5.22. The Labute approximate surface area is 187 Å². The lowest BCUT2D eigenvalue weighted by atomic mass is 10.2. The molecule has 1 aromatic carbocycles. The van der Waals surface area contributed by atoms with Gasteiger partial charge in [-0.05, 0) is 49.9 Å². The molecule has 0 aliphatic carbocycles. The summed E-state index contributed by atoms with van der Waals surface area (Å²) in [6.45, 7) is 1.29. The van der Waals surface area contributed by atoms with Crippen LogP contribution in [0.3, 0.4) is 0 Å². The van der Waals surface area contributed by atoms with Crippen molar-refractivity contribution in [1.82, 2.24) is 14.9 Å². The smallest absolute Gasteiger partial charge is 0.241 e. The van der Waals surface area contributed by atoms with Crippen LogP contribution < -0.4 is 10.0 Å². The van der Waals surface area contributed by atoms with Crippen molar-refractivity contribution in [3.63, 3.8) is 0 Å². The van der Waals surface area contributed by atoms with E-state index in [4.69, 9.17) is 21.1 Å². The number of amides is 2. The van der Waals surface area contributed by atoms with Gasteiger partial charge in [0.05, 0.1) is 30.2 Å². The summed E-state index contributed by atoms with van der Waals surface area (Å²) in [6, 6.07) is 5.63. The molecule has 0 saturated carbocycles. The van der Waals surface area contributed by atoms with Gasteiger partial charge in [0.2, 0.25) is 21.8 Å². The van der Waals surface area contributed by atoms with Crippen molar-refractivity contribution in [3.05, 3.63) is 29.3 Å². The minimum Gasteiger partial charge on any atom is -0.376 e. The number of carbonyl (C=O) groups is 2. The first kappa shape index (κ1) is 23.9. The largest absolute Gasteiger partial charge is 0.376 e. The molecule has 0 bridgehead atoms. The summed E-state index contributed by atoms with van der Waals surface area (Å²) in [5.41, 5.74) is 0. The molecule has 2 amide bonds. The second-order valence-electron chi connectivity index (χ2n) is 7.63. The summed E-state index contributed by atoms with van der Waals surface area (Å²) in [5.74, 6) is -0.817. The Morgan fingerprint density at radius 2 is 1.71 bits per heavy atom. The maximum Gasteiger partial charge on any atom is 0.241 e. The predicted molar refractivity (Wildman–Crippen MR) is 114 cm³/mol. The van der Waals surface area contributed by atoms with Crippen LogP contribution in [0.15, 0.2) is 29.2 Å². The van der Waals surface area contributed by atoms with Crippen LogP contribution in [0.5, 0.6) is 0 Å². The maximum atomic E-state index is 12.8. The van der Waals surface area contributed by atoms with E-state index in [1.807, 2.05) is 0 Å². The lowest BCUT2D eigenvalue weighted by Crippen LogP contribution is -2.48. The molecule has 2 aliphatic rings. The van der Waals surface area contributed by atoms with Crippen molar-refractivity contribution in [3.8, 4) is 0 Å². The van der Waals surface area contributed by atoms with Gasteiger partial charge in [-0.1, -0.05) is 11.6 Å². The van der Waals surface area contributed by atoms with Gasteiger partial charge in [-0.25, -0.2) is 13.1 Å². The third kappa shape index (κ3) is 7.43. The van der Waals surface area contributed by atoms with Gasteiger partial charge >= 0.3 is 0 Å². The average molecular weight is 474 g/mol. The van der Waals surface area contributed by atoms with Crippen molar-refractivity contribution in [2.45, 2.75) is 42.8 Å². The van der Waals surface area contributed by atoms with E-state index in [2.05, 4.69) is 10.0 Å². The minimum atomic E-state index is -3.89. The molecule has 0 spiro atoms. The number of nitrogens with one attached hydrogen (secondary N) is 2. The van der Waals surface area contributed by atoms with Gasteiger partial charge in [0, 0.05) is 31.3 Å². The van der Waals surface area contributed by atoms with Crippen molar-refractivity contribution >= 4 is 33.4 Å². The second kappa shape index (κ2) is 11.2. The van der Waals surface area contributed by atoms with Crippen molar-refractivity contribution in [1.29, 1.82) is 0 Å². The highest BCUT2D eigenvalue weighted by molar-refractivity contribution is 7.89. The normalized spacial score (nSPS) is 21.2. The first-order chi connectivity index (χ1) is 14.8. The number of benzene rings is 1. The summed E-state index contributed by atoms with van der Waals surface area (Å²) in [4.78, 5) is 26.5. The Bertz CT molecular complexity index is 852. The van der Waals surface area contributed by atoms with Gasteiger partial charge in [0.25, 0.3) is 0 Å². The van der Waals surface area contributed by atoms with Gasteiger partial charge in [0.1, 0.15) is 0 Å². The highest BCUT2D eigenvalue weighted by Gasteiger charge is 2.26. The van der Waals surface area contributed by atoms with Crippen LogP contribution in [0.1, 0.15) is 25.7 Å². The molecule has 2 N–H and O–H groups in total. The van der Waals surface area contributed by atoms with E-state index in [0.717, 1.165) is 25.7 Å². The molecule has 2 fully saturated rings. The second-order valence-corrected chi connectivity index (χ2v) is 9.83. The molecule has 0 unspecified atom stereocenters. The van der Waals surface area contributed by atoms with Gasteiger partial charge < -0.3 is 19.7 Å². The van der Waals surface area contributed by atoms with Crippen molar-refractivity contribution < 1.29 is 27.5 Å². The molecular formula is C20H28ClN3O6S. The van der Waals surface area contributed by atoms with E-state index in [1.165, 1.54) is 29.2 Å². The van der Waals surface area contributed by atoms with Crippen LogP contribution in [-0.4, -0.2) is 76.7 Å². The summed E-state index contributed by atoms with van der Waals surface area (Å²) in [5, 5.41) is 3.20. The molecule has 2 heterocycles. The number of halogens is 1. The fraction of sp³-hybridized carbons (Fsp3) is 0.600. The lowest BCUT2D eigenvalue weighted by molar-refractivity contribution is -0.136. The number of rotatable bonds is 10. The molecule has 0 aromatic heterocycles. The molecule has 0 radical (unpaired) electrons. The molecule has 2 aliphatic heterocycles. The highest BCUT2D eigenvalue weighted by Crippen LogP contribution is 2.15. The summed E-state index contributed by atoms with van der Waals surface area (Å²) >= 11 is 5.79. The first-order valence-electron chi connectivity index (χ1n) is 10.4. The van der Waals surface area contributed by atoms with E-state index in [-0.39, 0.29) is 36.1 Å². The highest BCUT2D eigenvalue weighted by atomic mass is 35.5. The van der Waals surface area contributed by atoms with E-state index in [9.17, 15) is 18.0 Å². The molecule has 3 rings (SSSR count). The molecular weight excluding hydrogens is 446 g/mol. The molecule has 172 valence electrons. The van der Waals surface area contributed by atoms with Crippen molar-refractivity contribution in [2.75, 3.05) is 39.4 Å². The van der Waals surface area contributed by atoms with Gasteiger partial charge in [-0.3, -0.25) is 9.59 Å². The number of hydrogen-bond donors (Lipinski definition) is 2. The molecule has 31 heavy (non-hydrogen) atoms. The Balaban J connectivity index is 1.56. The van der Waals surface area contributed by atoms with Crippen LogP contribution in [-0.2, 0) is 29.1 Å². The number of sulfonamides is 1. The molecule has 1 aromatic rings. The Hall–Kier alpha value is -1.72. The van der Waals surface area contributed by atoms with Crippen LogP contribution in [0.25, 0.3) is 0 Å². The predicted octanol–water partition coefficient (Wildman–Crippen LogP) is 0.921. The zero-order valence-electron chi connectivity index (χ0n) is 17.2. The van der Waals surface area contributed by atoms with Crippen LogP contribution in [0, 0.1) is 0 Å². The topological polar surface area (TPSA) is 114 Å². The quantitative estimate of drug-likeness (QED) is 0.522. The first-order valence-corrected chi connectivity index (χ1v) is 12.2. The van der Waals surface area contributed by atoms with E-state index >= 15 is 0 Å². The number of hydrogen-bond acceptors (Lipinski definition) is 6. The SMILES string of the molecule is O=C(CN(C[C@H]1CCCO1)C(=O)CNS(=O)(=O)c1ccc(Cl)cc1)NC[C@H]1CCCO1. The summed E-state index contributed by atoms with van der Waals surface area (Å²) in [7, 11) is -3.89. The standard InChI is InChI=1S/C20H28ClN3O6S/c21-15-5-7-18(8-6-15)31(27,28)23-12-20(26)24(13-17-4-2-10-30-17)14-19(25)22-11-16-3-1-9-29-16/h5-8,16-17,23H,1-4,9-14H2,(H,22,25)/t16-,17-/m1/s1. The number of carbonyl (C=O) groups excluding carboxylic acids is 2. The van der Waals surface area contributed by atoms with Gasteiger partial charge in [-0.15, -0.1) is 0 Å². The number of nitrogens with zero attached hydrogens (tertiary/aromatic N) is 1. The van der Waals surface area contributed by atoms with Gasteiger partial charge in [0.15, 0.2) is 0 Å². The molecule has 9 nitrogen and oxygen atoms in total. The Kier molecular flexibility index (Phi) is 8.67. The van der Waals surface area contributed by atoms with Crippen LogP contribution >= 0.6 is 11.6 Å². The zero-order chi connectivity index (χ0) is 22.3. The third-order valence-corrected chi connectivity index (χ3v) is 6.89. The average Bonchev–Trinajstić information content (AvgIpc) is 3.44. The number of ether oxygens (including phenoxy) is 2.